The highest BCUT2D eigenvalue weighted by atomic mass is 16.6. The third kappa shape index (κ3) is 2.05. The Morgan fingerprint density at radius 2 is 2.25 bits per heavy atom. The zero-order valence-corrected chi connectivity index (χ0v) is 8.83. The summed E-state index contributed by atoms with van der Waals surface area (Å²) in [5.74, 6) is 0.0927. The number of nitro benzene ring substituents is 1. The van der Waals surface area contributed by atoms with Gasteiger partial charge in [-0.2, -0.15) is 0 Å². The van der Waals surface area contributed by atoms with Gasteiger partial charge in [0.05, 0.1) is 17.6 Å². The van der Waals surface area contributed by atoms with E-state index in [0.717, 1.165) is 12.0 Å². The Kier molecular flexibility index (Phi) is 3.17. The molecular weight excluding hydrogens is 208 g/mol. The number of para-hydroxylation sites is 1. The third-order valence-electron chi connectivity index (χ3n) is 2.92. The molecule has 5 nitrogen and oxygen atoms in total. The van der Waals surface area contributed by atoms with Crippen LogP contribution in [0.3, 0.4) is 0 Å². The lowest BCUT2D eigenvalue weighted by Gasteiger charge is -2.08. The van der Waals surface area contributed by atoms with Crippen LogP contribution in [0, 0.1) is 10.1 Å². The molecule has 16 heavy (non-hydrogen) atoms. The van der Waals surface area contributed by atoms with Crippen molar-refractivity contribution in [2.45, 2.75) is 18.4 Å². The number of rotatable bonds is 3. The monoisotopic (exact) mass is 222 g/mol. The van der Waals surface area contributed by atoms with Crippen molar-refractivity contribution in [1.29, 1.82) is 0 Å². The molecule has 1 aliphatic heterocycles. The second-order valence-electron chi connectivity index (χ2n) is 3.94. The number of nitrogens with two attached hydrogens (primary N) is 1. The van der Waals surface area contributed by atoms with Crippen molar-refractivity contribution in [3.63, 3.8) is 0 Å². The maximum atomic E-state index is 10.9. The smallest absolute Gasteiger partial charge is 0.272 e. The fraction of sp³-hybridized carbons (Fsp3) is 0.455. The van der Waals surface area contributed by atoms with Crippen LogP contribution in [0.15, 0.2) is 24.3 Å². The quantitative estimate of drug-likeness (QED) is 0.619. The zero-order chi connectivity index (χ0) is 11.5. The van der Waals surface area contributed by atoms with Gasteiger partial charge in [-0.15, -0.1) is 0 Å². The van der Waals surface area contributed by atoms with E-state index in [1.807, 2.05) is 6.07 Å². The lowest BCUT2D eigenvalue weighted by atomic mass is 9.95. The SMILES string of the molecule is NC[C@H]1C[C@H](c2ccccc2[N+](=O)[O-])CO1. The van der Waals surface area contributed by atoms with Crippen LogP contribution < -0.4 is 5.73 Å². The van der Waals surface area contributed by atoms with E-state index < -0.39 is 0 Å². The van der Waals surface area contributed by atoms with E-state index >= 15 is 0 Å². The maximum Gasteiger partial charge on any atom is 0.272 e. The molecule has 0 aliphatic carbocycles. The van der Waals surface area contributed by atoms with Gasteiger partial charge >= 0.3 is 0 Å². The molecular formula is C11H14N2O3. The summed E-state index contributed by atoms with van der Waals surface area (Å²) >= 11 is 0. The number of hydrogen-bond donors (Lipinski definition) is 1. The molecule has 0 bridgehead atoms. The van der Waals surface area contributed by atoms with Crippen LogP contribution in [-0.4, -0.2) is 24.2 Å². The van der Waals surface area contributed by atoms with Gasteiger partial charge in [-0.05, 0) is 6.42 Å². The van der Waals surface area contributed by atoms with E-state index in [1.165, 1.54) is 6.07 Å². The van der Waals surface area contributed by atoms with Gasteiger partial charge in [-0.1, -0.05) is 18.2 Å². The van der Waals surface area contributed by atoms with E-state index in [2.05, 4.69) is 0 Å². The van der Waals surface area contributed by atoms with E-state index in [-0.39, 0.29) is 22.6 Å². The van der Waals surface area contributed by atoms with Crippen LogP contribution in [0.5, 0.6) is 0 Å². The molecule has 2 N–H and O–H groups in total. The average molecular weight is 222 g/mol. The summed E-state index contributed by atoms with van der Waals surface area (Å²) in [5, 5.41) is 10.9. The second kappa shape index (κ2) is 4.59. The lowest BCUT2D eigenvalue weighted by Crippen LogP contribution is -2.18. The fourth-order valence-corrected chi connectivity index (χ4v) is 2.09. The number of ether oxygens (including phenoxy) is 1. The fourth-order valence-electron chi connectivity index (χ4n) is 2.09. The molecule has 0 radical (unpaired) electrons. The molecule has 86 valence electrons. The van der Waals surface area contributed by atoms with Crippen molar-refractivity contribution in [2.24, 2.45) is 5.73 Å². The Morgan fingerprint density at radius 1 is 1.50 bits per heavy atom. The minimum absolute atomic E-state index is 0.0322. The highest BCUT2D eigenvalue weighted by Crippen LogP contribution is 2.34. The van der Waals surface area contributed by atoms with Crippen LogP contribution in [0.25, 0.3) is 0 Å². The lowest BCUT2D eigenvalue weighted by molar-refractivity contribution is -0.385. The summed E-state index contributed by atoms with van der Waals surface area (Å²) in [6, 6.07) is 6.83. The summed E-state index contributed by atoms with van der Waals surface area (Å²) in [7, 11) is 0. The molecule has 0 unspecified atom stereocenters. The summed E-state index contributed by atoms with van der Waals surface area (Å²) in [5.41, 5.74) is 6.44. The standard InChI is InChI=1S/C11H14N2O3/c12-6-9-5-8(7-16-9)10-3-1-2-4-11(10)13(14)15/h1-4,8-9H,5-7,12H2/t8-,9+/m0/s1. The summed E-state index contributed by atoms with van der Waals surface area (Å²) in [6.45, 7) is 0.990. The number of nitro groups is 1. The topological polar surface area (TPSA) is 78.4 Å². The van der Waals surface area contributed by atoms with Crippen molar-refractivity contribution in [1.82, 2.24) is 0 Å². The highest BCUT2D eigenvalue weighted by Gasteiger charge is 2.30. The first-order valence-electron chi connectivity index (χ1n) is 5.27. The molecule has 1 fully saturated rings. The Bertz CT molecular complexity index is 395. The molecule has 2 atom stereocenters. The van der Waals surface area contributed by atoms with E-state index in [9.17, 15) is 10.1 Å². The van der Waals surface area contributed by atoms with E-state index in [1.54, 1.807) is 12.1 Å². The Hall–Kier alpha value is -1.46. The minimum Gasteiger partial charge on any atom is -0.376 e. The molecule has 0 aromatic heterocycles. The van der Waals surface area contributed by atoms with Gasteiger partial charge in [0.1, 0.15) is 0 Å². The molecule has 0 amide bonds. The molecule has 5 heteroatoms. The molecule has 2 rings (SSSR count). The van der Waals surface area contributed by atoms with Gasteiger partial charge in [0.2, 0.25) is 0 Å². The average Bonchev–Trinajstić information content (AvgIpc) is 2.77. The van der Waals surface area contributed by atoms with Crippen LogP contribution in [-0.2, 0) is 4.74 Å². The molecule has 0 spiro atoms. The Balaban J connectivity index is 2.24. The second-order valence-corrected chi connectivity index (χ2v) is 3.94. The Morgan fingerprint density at radius 3 is 2.88 bits per heavy atom. The number of hydrogen-bond acceptors (Lipinski definition) is 4. The predicted molar refractivity (Wildman–Crippen MR) is 59.2 cm³/mol. The summed E-state index contributed by atoms with van der Waals surface area (Å²) in [4.78, 5) is 10.5. The first kappa shape index (κ1) is 11.0. The van der Waals surface area contributed by atoms with Gasteiger partial charge in [-0.25, -0.2) is 0 Å². The molecule has 1 aromatic rings. The minimum atomic E-state index is -0.342. The van der Waals surface area contributed by atoms with Gasteiger partial charge in [0.25, 0.3) is 5.69 Å². The Labute approximate surface area is 93.4 Å². The van der Waals surface area contributed by atoms with Gasteiger partial charge in [-0.3, -0.25) is 10.1 Å². The number of benzene rings is 1. The first-order valence-corrected chi connectivity index (χ1v) is 5.27. The molecule has 0 saturated carbocycles. The normalized spacial score (nSPS) is 24.6. The maximum absolute atomic E-state index is 10.9. The van der Waals surface area contributed by atoms with Gasteiger partial charge < -0.3 is 10.5 Å². The van der Waals surface area contributed by atoms with Crippen LogP contribution in [0.4, 0.5) is 5.69 Å². The van der Waals surface area contributed by atoms with Crippen molar-refractivity contribution >= 4 is 5.69 Å². The van der Waals surface area contributed by atoms with Gasteiger partial charge in [0.15, 0.2) is 0 Å². The molecule has 1 aliphatic rings. The number of nitrogens with zero attached hydrogens (tertiary/aromatic N) is 1. The van der Waals surface area contributed by atoms with Crippen LogP contribution >= 0.6 is 0 Å². The van der Waals surface area contributed by atoms with Crippen molar-refractivity contribution in [3.05, 3.63) is 39.9 Å². The van der Waals surface area contributed by atoms with Crippen molar-refractivity contribution in [3.8, 4) is 0 Å². The predicted octanol–water partition coefficient (Wildman–Crippen LogP) is 1.43. The molecule has 1 heterocycles. The van der Waals surface area contributed by atoms with Crippen LogP contribution in [0.1, 0.15) is 17.9 Å². The summed E-state index contributed by atoms with van der Waals surface area (Å²) in [6.07, 6.45) is 0.797. The third-order valence-corrected chi connectivity index (χ3v) is 2.92. The zero-order valence-electron chi connectivity index (χ0n) is 8.83. The van der Waals surface area contributed by atoms with Gasteiger partial charge in [0, 0.05) is 24.1 Å². The largest absolute Gasteiger partial charge is 0.376 e. The van der Waals surface area contributed by atoms with Crippen molar-refractivity contribution < 1.29 is 9.66 Å². The highest BCUT2D eigenvalue weighted by molar-refractivity contribution is 5.42. The first-order chi connectivity index (χ1) is 7.72. The van der Waals surface area contributed by atoms with E-state index in [0.29, 0.717) is 13.2 Å². The van der Waals surface area contributed by atoms with E-state index in [4.69, 9.17) is 10.5 Å². The molecule has 1 saturated heterocycles. The van der Waals surface area contributed by atoms with Crippen LogP contribution in [0.2, 0.25) is 0 Å². The van der Waals surface area contributed by atoms with Crippen molar-refractivity contribution in [2.75, 3.05) is 13.2 Å². The summed E-state index contributed by atoms with van der Waals surface area (Å²) < 4.78 is 5.46. The molecule has 1 aromatic carbocycles.